The molecule has 0 saturated heterocycles. The summed E-state index contributed by atoms with van der Waals surface area (Å²) in [6.07, 6.45) is 5.29. The number of hydrogen-bond donors (Lipinski definition) is 1. The Morgan fingerprint density at radius 2 is 2.13 bits per heavy atom. The molecule has 1 atom stereocenters. The second-order valence-corrected chi connectivity index (χ2v) is 5.69. The number of hydrogen-bond acceptors (Lipinski definition) is 1. The first-order valence-electron chi connectivity index (χ1n) is 5.82. The zero-order valence-corrected chi connectivity index (χ0v) is 10.4. The minimum absolute atomic E-state index is 0.819. The maximum absolute atomic E-state index is 3.65. The Hall–Kier alpha value is -0.340. The summed E-state index contributed by atoms with van der Waals surface area (Å²) in [4.78, 5) is 0. The van der Waals surface area contributed by atoms with E-state index in [1.165, 1.54) is 36.7 Å². The minimum atomic E-state index is 0.819. The van der Waals surface area contributed by atoms with Crippen LogP contribution < -0.4 is 5.32 Å². The molecule has 1 unspecified atom stereocenters. The highest BCUT2D eigenvalue weighted by Gasteiger charge is 2.26. The van der Waals surface area contributed by atoms with Crippen LogP contribution in [0.2, 0.25) is 0 Å². The van der Waals surface area contributed by atoms with Crippen molar-refractivity contribution in [2.75, 3.05) is 6.54 Å². The second-order valence-electron chi connectivity index (χ2n) is 4.83. The summed E-state index contributed by atoms with van der Waals surface area (Å²) in [5, 5.41) is 3.64. The van der Waals surface area contributed by atoms with E-state index in [0.29, 0.717) is 0 Å². The molecule has 3 rings (SSSR count). The van der Waals surface area contributed by atoms with E-state index in [1.807, 2.05) is 0 Å². The van der Waals surface area contributed by atoms with Crippen LogP contribution in [0.1, 0.15) is 24.0 Å². The third-order valence-electron chi connectivity index (χ3n) is 3.49. The molecular weight excluding hydrogens is 250 g/mol. The molecule has 0 aliphatic heterocycles. The van der Waals surface area contributed by atoms with Crippen molar-refractivity contribution < 1.29 is 0 Å². The van der Waals surface area contributed by atoms with E-state index in [9.17, 15) is 0 Å². The topological polar surface area (TPSA) is 12.0 Å². The Kier molecular flexibility index (Phi) is 2.57. The van der Waals surface area contributed by atoms with Gasteiger partial charge in [-0.3, -0.25) is 0 Å². The molecule has 1 saturated carbocycles. The normalized spacial score (nSPS) is 24.2. The number of nitrogens with one attached hydrogen (secondary N) is 1. The summed E-state index contributed by atoms with van der Waals surface area (Å²) in [5.41, 5.74) is 3.09. The second kappa shape index (κ2) is 3.91. The largest absolute Gasteiger partial charge is 0.314 e. The first kappa shape index (κ1) is 9.86. The molecule has 80 valence electrons. The maximum Gasteiger partial charge on any atom is 0.0210 e. The van der Waals surface area contributed by atoms with Crippen molar-refractivity contribution in [3.8, 4) is 0 Å². The highest BCUT2D eigenvalue weighted by molar-refractivity contribution is 9.10. The lowest BCUT2D eigenvalue weighted by Gasteiger charge is -2.09. The molecule has 1 nitrogen and oxygen atoms in total. The Morgan fingerprint density at radius 1 is 1.27 bits per heavy atom. The quantitative estimate of drug-likeness (QED) is 0.887. The predicted octanol–water partition coefficient (Wildman–Crippen LogP) is 2.92. The van der Waals surface area contributed by atoms with E-state index >= 15 is 0 Å². The SMILES string of the molecule is Brc1cccc2c1CC(CNC1CC1)C2. The average molecular weight is 266 g/mol. The van der Waals surface area contributed by atoms with E-state index < -0.39 is 0 Å². The van der Waals surface area contributed by atoms with Crippen LogP contribution in [0.5, 0.6) is 0 Å². The third-order valence-corrected chi connectivity index (χ3v) is 4.23. The van der Waals surface area contributed by atoms with E-state index in [1.54, 1.807) is 11.1 Å². The van der Waals surface area contributed by atoms with Gasteiger partial charge in [0.1, 0.15) is 0 Å². The van der Waals surface area contributed by atoms with E-state index in [4.69, 9.17) is 0 Å². The highest BCUT2D eigenvalue weighted by Crippen LogP contribution is 2.32. The van der Waals surface area contributed by atoms with Gasteiger partial charge in [-0.05, 0) is 55.3 Å². The van der Waals surface area contributed by atoms with Gasteiger partial charge in [0.2, 0.25) is 0 Å². The smallest absolute Gasteiger partial charge is 0.0210 e. The van der Waals surface area contributed by atoms with Crippen molar-refractivity contribution in [2.24, 2.45) is 5.92 Å². The van der Waals surface area contributed by atoms with Gasteiger partial charge in [0.15, 0.2) is 0 Å². The molecule has 0 spiro atoms. The fraction of sp³-hybridized carbons (Fsp3) is 0.538. The van der Waals surface area contributed by atoms with Gasteiger partial charge in [-0.2, -0.15) is 0 Å². The van der Waals surface area contributed by atoms with E-state index in [-0.39, 0.29) is 0 Å². The zero-order valence-electron chi connectivity index (χ0n) is 8.80. The molecule has 1 aromatic carbocycles. The Morgan fingerprint density at radius 3 is 2.87 bits per heavy atom. The molecule has 1 fully saturated rings. The lowest BCUT2D eigenvalue weighted by atomic mass is 10.1. The van der Waals surface area contributed by atoms with Crippen molar-refractivity contribution in [3.05, 3.63) is 33.8 Å². The van der Waals surface area contributed by atoms with Gasteiger partial charge < -0.3 is 5.32 Å². The van der Waals surface area contributed by atoms with Crippen LogP contribution in [0.4, 0.5) is 0 Å². The first-order chi connectivity index (χ1) is 7.33. The molecule has 0 heterocycles. The van der Waals surface area contributed by atoms with Crippen LogP contribution in [0.15, 0.2) is 22.7 Å². The van der Waals surface area contributed by atoms with Crippen molar-refractivity contribution in [2.45, 2.75) is 31.7 Å². The van der Waals surface area contributed by atoms with Crippen LogP contribution in [-0.4, -0.2) is 12.6 Å². The molecule has 0 aromatic heterocycles. The number of rotatable bonds is 3. The lowest BCUT2D eigenvalue weighted by Crippen LogP contribution is -2.24. The van der Waals surface area contributed by atoms with Gasteiger partial charge in [-0.25, -0.2) is 0 Å². The molecule has 0 bridgehead atoms. The number of benzene rings is 1. The predicted molar refractivity (Wildman–Crippen MR) is 66.1 cm³/mol. The summed E-state index contributed by atoms with van der Waals surface area (Å²) < 4.78 is 1.30. The fourth-order valence-electron chi connectivity index (χ4n) is 2.46. The summed E-state index contributed by atoms with van der Waals surface area (Å²) >= 11 is 3.65. The van der Waals surface area contributed by atoms with Crippen molar-refractivity contribution in [3.63, 3.8) is 0 Å². The summed E-state index contributed by atoms with van der Waals surface area (Å²) in [5.74, 6) is 0.819. The van der Waals surface area contributed by atoms with E-state index in [2.05, 4.69) is 39.4 Å². The van der Waals surface area contributed by atoms with Crippen LogP contribution in [-0.2, 0) is 12.8 Å². The molecule has 1 N–H and O–H groups in total. The Labute approximate surface area is 99.4 Å². The minimum Gasteiger partial charge on any atom is -0.314 e. The maximum atomic E-state index is 3.65. The summed E-state index contributed by atoms with van der Waals surface area (Å²) in [6, 6.07) is 7.43. The van der Waals surface area contributed by atoms with Gasteiger partial charge in [0, 0.05) is 10.5 Å². The molecule has 15 heavy (non-hydrogen) atoms. The van der Waals surface area contributed by atoms with Crippen LogP contribution in [0.3, 0.4) is 0 Å². The molecule has 0 radical (unpaired) electrons. The molecular formula is C13H16BrN. The van der Waals surface area contributed by atoms with Gasteiger partial charge >= 0.3 is 0 Å². The third kappa shape index (κ3) is 2.11. The van der Waals surface area contributed by atoms with Crippen LogP contribution in [0.25, 0.3) is 0 Å². The van der Waals surface area contributed by atoms with Crippen molar-refractivity contribution in [1.82, 2.24) is 5.32 Å². The molecule has 2 aliphatic rings. The first-order valence-corrected chi connectivity index (χ1v) is 6.62. The Bertz CT molecular complexity index is 371. The number of fused-ring (bicyclic) bond motifs is 1. The van der Waals surface area contributed by atoms with Crippen molar-refractivity contribution in [1.29, 1.82) is 0 Å². The summed E-state index contributed by atoms with van der Waals surface area (Å²) in [7, 11) is 0. The number of halogens is 1. The summed E-state index contributed by atoms with van der Waals surface area (Å²) in [6.45, 7) is 1.20. The van der Waals surface area contributed by atoms with Gasteiger partial charge in [-0.1, -0.05) is 28.1 Å². The zero-order chi connectivity index (χ0) is 10.3. The van der Waals surface area contributed by atoms with Crippen molar-refractivity contribution >= 4 is 15.9 Å². The molecule has 1 aromatic rings. The molecule has 0 amide bonds. The van der Waals surface area contributed by atoms with Gasteiger partial charge in [-0.15, -0.1) is 0 Å². The fourth-order valence-corrected chi connectivity index (χ4v) is 3.03. The van der Waals surface area contributed by atoms with Crippen LogP contribution in [0, 0.1) is 5.92 Å². The monoisotopic (exact) mass is 265 g/mol. The van der Waals surface area contributed by atoms with E-state index in [0.717, 1.165) is 12.0 Å². The molecule has 2 aliphatic carbocycles. The Balaban J connectivity index is 1.66. The average Bonchev–Trinajstić information content (AvgIpc) is 2.95. The van der Waals surface area contributed by atoms with Gasteiger partial charge in [0.05, 0.1) is 0 Å². The lowest BCUT2D eigenvalue weighted by molar-refractivity contribution is 0.496. The highest BCUT2D eigenvalue weighted by atomic mass is 79.9. The van der Waals surface area contributed by atoms with Crippen LogP contribution >= 0.6 is 15.9 Å². The van der Waals surface area contributed by atoms with Gasteiger partial charge in [0.25, 0.3) is 0 Å². The standard InChI is InChI=1S/C13H16BrN/c14-13-3-1-2-10-6-9(7-12(10)13)8-15-11-4-5-11/h1-3,9,11,15H,4-8H2. The molecule has 2 heteroatoms.